The van der Waals surface area contributed by atoms with Gasteiger partial charge in [0.2, 0.25) is 17.7 Å². The molecule has 2 unspecified atom stereocenters. The summed E-state index contributed by atoms with van der Waals surface area (Å²) in [7, 11) is 0. The van der Waals surface area contributed by atoms with E-state index in [0.717, 1.165) is 12.8 Å². The first-order chi connectivity index (χ1) is 11.4. The Kier molecular flexibility index (Phi) is 6.40. The van der Waals surface area contributed by atoms with Gasteiger partial charge in [-0.15, -0.1) is 0 Å². The molecule has 2 aliphatic rings. The van der Waals surface area contributed by atoms with Crippen molar-refractivity contribution in [1.82, 2.24) is 25.6 Å². The van der Waals surface area contributed by atoms with Crippen LogP contribution in [0.4, 0.5) is 0 Å². The van der Waals surface area contributed by atoms with Crippen LogP contribution in [0.2, 0.25) is 0 Å². The number of nitrogens with zero attached hydrogens (tertiary/aromatic N) is 2. The average molecular weight is 358 g/mol. The summed E-state index contributed by atoms with van der Waals surface area (Å²) in [6.45, 7) is 1.83. The lowest BCUT2D eigenvalue weighted by Gasteiger charge is -2.34. The van der Waals surface area contributed by atoms with Gasteiger partial charge in [0.15, 0.2) is 0 Å². The van der Waals surface area contributed by atoms with Crippen LogP contribution in [0.3, 0.4) is 0 Å². The highest BCUT2D eigenvalue weighted by molar-refractivity contribution is 7.97. The largest absolute Gasteiger partial charge is 0.368 e. The summed E-state index contributed by atoms with van der Waals surface area (Å²) in [5.41, 5.74) is 8.31. The van der Waals surface area contributed by atoms with Gasteiger partial charge in [-0.3, -0.25) is 19.2 Å². The molecule has 4 amide bonds. The number of carbonyl (C=O) groups is 4. The van der Waals surface area contributed by atoms with E-state index in [2.05, 4.69) is 16.1 Å². The molecule has 11 heteroatoms. The van der Waals surface area contributed by atoms with Crippen molar-refractivity contribution in [3.05, 3.63) is 0 Å². The molecule has 134 valence electrons. The van der Waals surface area contributed by atoms with Gasteiger partial charge in [0.25, 0.3) is 5.91 Å². The lowest BCUT2D eigenvalue weighted by Crippen LogP contribution is -2.62. The molecule has 2 atom stereocenters. The SMILES string of the molecule is CC(=O)NCCCCC1NN2SCC(C(N)=O)N2C(=O)CNC1=O. The molecule has 0 aliphatic carbocycles. The Hall–Kier alpha value is -1.85. The van der Waals surface area contributed by atoms with Crippen LogP contribution < -0.4 is 21.8 Å². The molecule has 0 radical (unpaired) electrons. The number of rotatable bonds is 6. The van der Waals surface area contributed by atoms with E-state index in [9.17, 15) is 19.2 Å². The highest BCUT2D eigenvalue weighted by atomic mass is 32.2. The summed E-state index contributed by atoms with van der Waals surface area (Å²) in [6, 6.07) is -1.26. The summed E-state index contributed by atoms with van der Waals surface area (Å²) in [6.07, 6.45) is 1.99. The number of hydrogen-bond donors (Lipinski definition) is 4. The minimum absolute atomic E-state index is 0.0862. The molecule has 0 aromatic carbocycles. The van der Waals surface area contributed by atoms with Crippen LogP contribution in [0.25, 0.3) is 0 Å². The van der Waals surface area contributed by atoms with Crippen LogP contribution in [-0.4, -0.2) is 64.1 Å². The highest BCUT2D eigenvalue weighted by Gasteiger charge is 2.42. The number of carbonyl (C=O) groups excluding carboxylic acids is 4. The molecule has 2 saturated heterocycles. The van der Waals surface area contributed by atoms with Crippen LogP contribution in [-0.2, 0) is 19.2 Å². The molecule has 0 saturated carbocycles. The molecule has 24 heavy (non-hydrogen) atoms. The minimum atomic E-state index is -0.731. The van der Waals surface area contributed by atoms with E-state index in [-0.39, 0.29) is 18.4 Å². The molecule has 10 nitrogen and oxygen atoms in total. The van der Waals surface area contributed by atoms with Crippen molar-refractivity contribution in [1.29, 1.82) is 0 Å². The van der Waals surface area contributed by atoms with Gasteiger partial charge >= 0.3 is 0 Å². The predicted octanol–water partition coefficient (Wildman–Crippen LogP) is -2.14. The van der Waals surface area contributed by atoms with Crippen molar-refractivity contribution < 1.29 is 19.2 Å². The second kappa shape index (κ2) is 8.31. The fraction of sp³-hybridized carbons (Fsp3) is 0.692. The van der Waals surface area contributed by atoms with Crippen LogP contribution in [0.1, 0.15) is 26.2 Å². The quantitative estimate of drug-likeness (QED) is 0.314. The van der Waals surface area contributed by atoms with E-state index in [1.54, 1.807) is 0 Å². The Labute approximate surface area is 143 Å². The van der Waals surface area contributed by atoms with Gasteiger partial charge in [0.05, 0.1) is 6.54 Å². The predicted molar refractivity (Wildman–Crippen MR) is 86.6 cm³/mol. The van der Waals surface area contributed by atoms with Crippen LogP contribution >= 0.6 is 11.9 Å². The van der Waals surface area contributed by atoms with Gasteiger partial charge in [0, 0.05) is 19.2 Å². The highest BCUT2D eigenvalue weighted by Crippen LogP contribution is 2.26. The standard InChI is InChI=1S/C13H22N6O4S/c1-8(20)15-5-3-2-4-9-13(23)16-6-11(21)18-10(12(14)22)7-24-19(18)17-9/h9-10,17H,2-7H2,1H3,(H2,14,22)(H,15,20)(H,16,23). The maximum atomic E-state index is 12.1. The van der Waals surface area contributed by atoms with Gasteiger partial charge < -0.3 is 16.4 Å². The van der Waals surface area contributed by atoms with Gasteiger partial charge in [-0.2, -0.15) is 0 Å². The van der Waals surface area contributed by atoms with Crippen molar-refractivity contribution in [2.24, 2.45) is 5.73 Å². The summed E-state index contributed by atoms with van der Waals surface area (Å²) in [5, 5.41) is 6.53. The molecule has 2 aliphatic heterocycles. The lowest BCUT2D eigenvalue weighted by molar-refractivity contribution is -0.155. The summed E-state index contributed by atoms with van der Waals surface area (Å²) >= 11 is 1.23. The van der Waals surface area contributed by atoms with Gasteiger partial charge in [-0.1, -0.05) is 4.52 Å². The van der Waals surface area contributed by atoms with Crippen LogP contribution in [0.15, 0.2) is 0 Å². The Morgan fingerprint density at radius 3 is 2.79 bits per heavy atom. The lowest BCUT2D eigenvalue weighted by atomic mass is 10.1. The van der Waals surface area contributed by atoms with Crippen molar-refractivity contribution in [2.45, 2.75) is 38.3 Å². The van der Waals surface area contributed by atoms with Crippen molar-refractivity contribution in [2.75, 3.05) is 18.8 Å². The third-order valence-corrected chi connectivity index (χ3v) is 4.71. The Bertz CT molecular complexity index is 531. The number of amides is 4. The van der Waals surface area contributed by atoms with E-state index in [1.807, 2.05) is 0 Å². The molecule has 2 rings (SSSR count). The molecule has 0 spiro atoms. The molecule has 2 heterocycles. The Balaban J connectivity index is 1.93. The minimum Gasteiger partial charge on any atom is -0.368 e. The molecule has 0 bridgehead atoms. The van der Waals surface area contributed by atoms with E-state index in [1.165, 1.54) is 28.4 Å². The smallest absolute Gasteiger partial charge is 0.258 e. The topological polar surface area (TPSA) is 137 Å². The van der Waals surface area contributed by atoms with Gasteiger partial charge in [-0.05, 0) is 31.2 Å². The van der Waals surface area contributed by atoms with E-state index in [4.69, 9.17) is 5.73 Å². The third kappa shape index (κ3) is 4.58. The van der Waals surface area contributed by atoms with Crippen molar-refractivity contribution in [3.63, 3.8) is 0 Å². The number of nitrogens with two attached hydrogens (primary N) is 1. The number of primary amides is 1. The average Bonchev–Trinajstić information content (AvgIpc) is 2.93. The second-order valence-corrected chi connectivity index (χ2v) is 6.54. The first-order valence-corrected chi connectivity index (χ1v) is 8.67. The van der Waals surface area contributed by atoms with Crippen LogP contribution in [0, 0.1) is 0 Å². The molecule has 5 N–H and O–H groups in total. The molecular weight excluding hydrogens is 336 g/mol. The summed E-state index contributed by atoms with van der Waals surface area (Å²) in [5.74, 6) is -0.993. The molecular formula is C13H22N6O4S. The van der Waals surface area contributed by atoms with Gasteiger partial charge in [0.1, 0.15) is 12.1 Å². The molecule has 0 aromatic rings. The molecule has 2 fully saturated rings. The number of hydrazine groups is 2. The van der Waals surface area contributed by atoms with Gasteiger partial charge in [-0.25, -0.2) is 10.4 Å². The van der Waals surface area contributed by atoms with Crippen molar-refractivity contribution in [3.8, 4) is 0 Å². The summed E-state index contributed by atoms with van der Waals surface area (Å²) in [4.78, 5) is 46.6. The zero-order valence-electron chi connectivity index (χ0n) is 13.4. The van der Waals surface area contributed by atoms with E-state index < -0.39 is 23.9 Å². The first-order valence-electron chi connectivity index (χ1n) is 7.73. The molecule has 0 aromatic heterocycles. The summed E-state index contributed by atoms with van der Waals surface area (Å²) < 4.78 is 1.44. The maximum absolute atomic E-state index is 12.1. The number of fused-ring (bicyclic) bond motifs is 1. The van der Waals surface area contributed by atoms with E-state index >= 15 is 0 Å². The fourth-order valence-electron chi connectivity index (χ4n) is 2.47. The fourth-order valence-corrected chi connectivity index (χ4v) is 3.59. The van der Waals surface area contributed by atoms with Crippen LogP contribution in [0.5, 0.6) is 0 Å². The zero-order valence-corrected chi connectivity index (χ0v) is 14.2. The third-order valence-electron chi connectivity index (χ3n) is 3.72. The maximum Gasteiger partial charge on any atom is 0.258 e. The van der Waals surface area contributed by atoms with E-state index in [0.29, 0.717) is 18.7 Å². The monoisotopic (exact) mass is 358 g/mol. The second-order valence-electron chi connectivity index (χ2n) is 5.60. The van der Waals surface area contributed by atoms with Crippen molar-refractivity contribution >= 4 is 35.6 Å². The Morgan fingerprint density at radius 1 is 1.38 bits per heavy atom. The number of nitrogens with one attached hydrogen (secondary N) is 3. The number of unbranched alkanes of at least 4 members (excludes halogenated alkanes) is 1. The Morgan fingerprint density at radius 2 is 2.12 bits per heavy atom. The first kappa shape index (κ1) is 18.5. The zero-order chi connectivity index (χ0) is 17.7. The number of hydrogen-bond acceptors (Lipinski definition) is 7. The normalized spacial score (nSPS) is 24.8.